The molecule has 4 aromatic rings. The lowest BCUT2D eigenvalue weighted by Crippen LogP contribution is -2.41. The smallest absolute Gasteiger partial charge is 0.257 e. The number of ether oxygens (including phenoxy) is 1. The number of aromatic nitrogens is 4. The Balaban J connectivity index is 1.62. The summed E-state index contributed by atoms with van der Waals surface area (Å²) in [7, 11) is 0. The van der Waals surface area contributed by atoms with Gasteiger partial charge in [-0.25, -0.2) is 4.98 Å². The molecule has 0 unspecified atom stereocenters. The Kier molecular flexibility index (Phi) is 5.14. The molecule has 1 aromatic carbocycles. The van der Waals surface area contributed by atoms with Crippen LogP contribution in [-0.2, 0) is 9.53 Å². The number of para-hydroxylation sites is 2. The van der Waals surface area contributed by atoms with E-state index in [0.717, 1.165) is 39.6 Å². The average Bonchev–Trinajstić information content (AvgIpc) is 3.49. The van der Waals surface area contributed by atoms with Gasteiger partial charge in [-0.15, -0.1) is 0 Å². The average molecular weight is 431 g/mol. The fourth-order valence-corrected chi connectivity index (χ4v) is 4.15. The number of benzene rings is 1. The van der Waals surface area contributed by atoms with E-state index in [1.165, 1.54) is 0 Å². The van der Waals surface area contributed by atoms with Crippen LogP contribution < -0.4 is 0 Å². The highest BCUT2D eigenvalue weighted by Gasteiger charge is 2.25. The normalized spacial score (nSPS) is 15.0. The predicted octanol–water partition coefficient (Wildman–Crippen LogP) is 3.67. The van der Waals surface area contributed by atoms with Gasteiger partial charge >= 0.3 is 0 Å². The largest absolute Gasteiger partial charge is 0.378 e. The molecular formula is C24H25N5O3. The molecule has 1 aliphatic heterocycles. The molecule has 1 aliphatic rings. The Morgan fingerprint density at radius 1 is 1.12 bits per heavy atom. The Labute approximate surface area is 185 Å². The molecule has 8 heteroatoms. The number of carbonyl (C=O) groups excluding carboxylic acids is 1. The van der Waals surface area contributed by atoms with Crippen LogP contribution in [0.15, 0.2) is 40.9 Å². The number of rotatable bonds is 4. The summed E-state index contributed by atoms with van der Waals surface area (Å²) < 4.78 is 12.7. The number of carbonyl (C=O) groups is 1. The predicted molar refractivity (Wildman–Crippen MR) is 121 cm³/mol. The van der Waals surface area contributed by atoms with Crippen molar-refractivity contribution in [2.24, 2.45) is 0 Å². The van der Waals surface area contributed by atoms with Crippen molar-refractivity contribution >= 4 is 28.6 Å². The van der Waals surface area contributed by atoms with Crippen molar-refractivity contribution < 1.29 is 14.1 Å². The Bertz CT molecular complexity index is 1290. The molecule has 1 saturated heterocycles. The van der Waals surface area contributed by atoms with Crippen molar-refractivity contribution in [1.82, 2.24) is 24.6 Å². The standard InChI is InChI=1S/C24H25N5O3/c1-15-12-18(17(3)29(15)22-13-16(2)32-27-22)14-19(24(30)28-8-10-31-11-9-28)23-25-20-6-4-5-7-21(20)26-23/h4-7,12-14H,8-11H2,1-3H3,(H,25,26)/b19-14+. The molecule has 5 rings (SSSR count). The van der Waals surface area contributed by atoms with Gasteiger partial charge in [-0.1, -0.05) is 17.3 Å². The molecule has 0 saturated carbocycles. The maximum atomic E-state index is 13.6. The van der Waals surface area contributed by atoms with E-state index in [1.807, 2.05) is 66.6 Å². The summed E-state index contributed by atoms with van der Waals surface area (Å²) in [5.41, 5.74) is 5.15. The number of nitrogens with zero attached hydrogens (tertiary/aromatic N) is 4. The molecule has 8 nitrogen and oxygen atoms in total. The van der Waals surface area contributed by atoms with Gasteiger partial charge in [0.15, 0.2) is 5.82 Å². The van der Waals surface area contributed by atoms with E-state index in [2.05, 4.69) is 16.2 Å². The third-order valence-electron chi connectivity index (χ3n) is 5.79. The van der Waals surface area contributed by atoms with E-state index >= 15 is 0 Å². The molecule has 0 atom stereocenters. The third-order valence-corrected chi connectivity index (χ3v) is 5.79. The van der Waals surface area contributed by atoms with Crippen molar-refractivity contribution in [3.05, 3.63) is 64.9 Å². The minimum atomic E-state index is -0.0607. The van der Waals surface area contributed by atoms with Gasteiger partial charge in [-0.3, -0.25) is 9.36 Å². The zero-order valence-electron chi connectivity index (χ0n) is 18.4. The first kappa shape index (κ1) is 20.3. The molecule has 0 aliphatic carbocycles. The molecule has 1 amide bonds. The van der Waals surface area contributed by atoms with Crippen LogP contribution in [0.3, 0.4) is 0 Å². The van der Waals surface area contributed by atoms with Crippen molar-refractivity contribution in [1.29, 1.82) is 0 Å². The molecule has 1 fully saturated rings. The fourth-order valence-electron chi connectivity index (χ4n) is 4.15. The Morgan fingerprint density at radius 3 is 2.62 bits per heavy atom. The van der Waals surface area contributed by atoms with Gasteiger partial charge in [0.1, 0.15) is 11.6 Å². The lowest BCUT2D eigenvalue weighted by molar-refractivity contribution is -0.128. The van der Waals surface area contributed by atoms with E-state index in [0.29, 0.717) is 37.7 Å². The van der Waals surface area contributed by atoms with Crippen LogP contribution in [0.25, 0.3) is 28.5 Å². The summed E-state index contributed by atoms with van der Waals surface area (Å²) in [6, 6.07) is 11.7. The van der Waals surface area contributed by atoms with Gasteiger partial charge in [0.05, 0.1) is 29.8 Å². The highest BCUT2D eigenvalue weighted by Crippen LogP contribution is 2.27. The zero-order chi connectivity index (χ0) is 22.2. The summed E-state index contributed by atoms with van der Waals surface area (Å²) in [4.78, 5) is 23.4. The second kappa shape index (κ2) is 8.12. The van der Waals surface area contributed by atoms with E-state index in [9.17, 15) is 4.79 Å². The molecule has 32 heavy (non-hydrogen) atoms. The van der Waals surface area contributed by atoms with Gasteiger partial charge in [0, 0.05) is 30.5 Å². The Morgan fingerprint density at radius 2 is 1.91 bits per heavy atom. The summed E-state index contributed by atoms with van der Waals surface area (Å²) in [5, 5.41) is 4.16. The van der Waals surface area contributed by atoms with Gasteiger partial charge in [-0.05, 0) is 50.6 Å². The SMILES string of the molecule is Cc1cc(-n2c(C)cc(/C=C(/C(=O)N3CCOCC3)c3nc4ccccc4[nH]3)c2C)no1. The van der Waals surface area contributed by atoms with Crippen LogP contribution in [0, 0.1) is 20.8 Å². The monoisotopic (exact) mass is 431 g/mol. The number of hydrogen-bond acceptors (Lipinski definition) is 5. The molecular weight excluding hydrogens is 406 g/mol. The van der Waals surface area contributed by atoms with Gasteiger partial charge in [0.25, 0.3) is 5.91 Å². The number of fused-ring (bicyclic) bond motifs is 1. The summed E-state index contributed by atoms with van der Waals surface area (Å²) >= 11 is 0. The van der Waals surface area contributed by atoms with E-state index in [1.54, 1.807) is 0 Å². The fraction of sp³-hybridized carbons (Fsp3) is 0.292. The van der Waals surface area contributed by atoms with Crippen molar-refractivity contribution in [2.75, 3.05) is 26.3 Å². The number of H-pyrrole nitrogens is 1. The highest BCUT2D eigenvalue weighted by molar-refractivity contribution is 6.23. The van der Waals surface area contributed by atoms with Crippen molar-refractivity contribution in [2.45, 2.75) is 20.8 Å². The van der Waals surface area contributed by atoms with Crippen molar-refractivity contribution in [3.8, 4) is 5.82 Å². The molecule has 4 heterocycles. The molecule has 0 spiro atoms. The summed E-state index contributed by atoms with van der Waals surface area (Å²) in [5.74, 6) is 1.97. The van der Waals surface area contributed by atoms with Crippen LogP contribution in [-0.4, -0.2) is 56.8 Å². The van der Waals surface area contributed by atoms with Crippen LogP contribution in [0.5, 0.6) is 0 Å². The second-order valence-corrected chi connectivity index (χ2v) is 8.02. The lowest BCUT2D eigenvalue weighted by atomic mass is 10.1. The van der Waals surface area contributed by atoms with Gasteiger partial charge in [0.2, 0.25) is 0 Å². The second-order valence-electron chi connectivity index (χ2n) is 8.02. The van der Waals surface area contributed by atoms with Crippen LogP contribution >= 0.6 is 0 Å². The first-order chi connectivity index (χ1) is 15.5. The zero-order valence-corrected chi connectivity index (χ0v) is 18.4. The van der Waals surface area contributed by atoms with E-state index in [-0.39, 0.29) is 5.91 Å². The van der Waals surface area contributed by atoms with Gasteiger partial charge in [-0.2, -0.15) is 0 Å². The molecule has 164 valence electrons. The minimum Gasteiger partial charge on any atom is -0.378 e. The van der Waals surface area contributed by atoms with Crippen LogP contribution in [0.2, 0.25) is 0 Å². The first-order valence-corrected chi connectivity index (χ1v) is 10.7. The number of hydrogen-bond donors (Lipinski definition) is 1. The minimum absolute atomic E-state index is 0.0607. The van der Waals surface area contributed by atoms with E-state index in [4.69, 9.17) is 14.2 Å². The van der Waals surface area contributed by atoms with Crippen molar-refractivity contribution in [3.63, 3.8) is 0 Å². The summed E-state index contributed by atoms with van der Waals surface area (Å²) in [6.45, 7) is 8.10. The molecule has 0 radical (unpaired) electrons. The molecule has 3 aromatic heterocycles. The van der Waals surface area contributed by atoms with Gasteiger partial charge < -0.3 is 19.1 Å². The first-order valence-electron chi connectivity index (χ1n) is 10.7. The number of amides is 1. The number of morpholine rings is 1. The van der Waals surface area contributed by atoms with E-state index < -0.39 is 0 Å². The molecule has 0 bridgehead atoms. The quantitative estimate of drug-likeness (QED) is 0.498. The number of aryl methyl sites for hydroxylation is 2. The summed E-state index contributed by atoms with van der Waals surface area (Å²) in [6.07, 6.45) is 1.92. The maximum absolute atomic E-state index is 13.6. The number of imidazole rings is 1. The number of aromatic amines is 1. The third kappa shape index (κ3) is 3.62. The maximum Gasteiger partial charge on any atom is 0.257 e. The Hall–Kier alpha value is -3.65. The highest BCUT2D eigenvalue weighted by atomic mass is 16.5. The number of nitrogens with one attached hydrogen (secondary N) is 1. The van der Waals surface area contributed by atoms with Crippen LogP contribution in [0.1, 0.15) is 28.5 Å². The topological polar surface area (TPSA) is 89.2 Å². The lowest BCUT2D eigenvalue weighted by Gasteiger charge is -2.27. The van der Waals surface area contributed by atoms with Crippen LogP contribution in [0.4, 0.5) is 0 Å². The molecule has 1 N–H and O–H groups in total.